The molecular weight excluding hydrogens is 416 g/mol. The van der Waals surface area contributed by atoms with Crippen molar-refractivity contribution in [2.45, 2.75) is 51.7 Å². The van der Waals surface area contributed by atoms with Gasteiger partial charge in [-0.25, -0.2) is 4.79 Å². The van der Waals surface area contributed by atoms with E-state index in [1.54, 1.807) is 4.90 Å². The first-order valence-corrected chi connectivity index (χ1v) is 13.1. The zero-order chi connectivity index (χ0) is 23.6. The van der Waals surface area contributed by atoms with E-state index in [1.165, 1.54) is 0 Å². The predicted octanol–water partition coefficient (Wildman–Crippen LogP) is 3.92. The maximum absolute atomic E-state index is 12.6. The molecule has 1 heterocycles. The third kappa shape index (κ3) is 4.90. The van der Waals surface area contributed by atoms with Crippen molar-refractivity contribution in [3.63, 3.8) is 0 Å². The van der Waals surface area contributed by atoms with E-state index in [1.807, 2.05) is 81.4 Å². The molecule has 0 radical (unpaired) electrons. The van der Waals surface area contributed by atoms with Gasteiger partial charge in [0.15, 0.2) is 0 Å². The molecule has 0 bridgehead atoms. The quantitative estimate of drug-likeness (QED) is 0.701. The van der Waals surface area contributed by atoms with Crippen molar-refractivity contribution in [3.05, 3.63) is 60.7 Å². The van der Waals surface area contributed by atoms with Crippen LogP contribution in [0.2, 0.25) is 5.04 Å². The smallest absolute Gasteiger partial charge is 0.410 e. The number of likely N-dealkylation sites (tertiary alicyclic amines) is 1. The molecule has 1 aliphatic rings. The number of amides is 1. The number of benzene rings is 2. The van der Waals surface area contributed by atoms with Crippen LogP contribution in [0.4, 0.5) is 4.79 Å². The Morgan fingerprint density at radius 1 is 1.03 bits per heavy atom. The fourth-order valence-corrected chi connectivity index (χ4v) is 8.61. The first-order valence-electron chi connectivity index (χ1n) is 11.2. The molecule has 1 amide bonds. The molecule has 2 atom stereocenters. The van der Waals surface area contributed by atoms with Crippen molar-refractivity contribution >= 4 is 24.8 Å². The van der Waals surface area contributed by atoms with Gasteiger partial charge in [-0.3, -0.25) is 0 Å². The van der Waals surface area contributed by atoms with Crippen molar-refractivity contribution in [3.8, 4) is 6.07 Å². The Labute approximate surface area is 192 Å². The lowest BCUT2D eigenvalue weighted by Gasteiger charge is -2.43. The van der Waals surface area contributed by atoms with Crippen LogP contribution < -0.4 is 10.4 Å². The highest BCUT2D eigenvalue weighted by Gasteiger charge is 2.52. The van der Waals surface area contributed by atoms with Crippen LogP contribution in [-0.2, 0) is 4.74 Å². The Morgan fingerprint density at radius 2 is 1.53 bits per heavy atom. The van der Waals surface area contributed by atoms with Gasteiger partial charge < -0.3 is 14.4 Å². The Morgan fingerprint density at radius 3 is 1.97 bits per heavy atom. The zero-order valence-electron chi connectivity index (χ0n) is 19.7. The lowest BCUT2D eigenvalue weighted by atomic mass is 9.88. The highest BCUT2D eigenvalue weighted by molar-refractivity contribution is 6.98. The van der Waals surface area contributed by atoms with Crippen LogP contribution in [0.15, 0.2) is 60.7 Å². The van der Waals surface area contributed by atoms with Crippen molar-refractivity contribution in [2.75, 3.05) is 13.1 Å². The molecule has 2 aromatic rings. The lowest BCUT2D eigenvalue weighted by molar-refractivity contribution is 0.0284. The van der Waals surface area contributed by atoms with Crippen molar-refractivity contribution in [2.24, 2.45) is 11.8 Å². The third-order valence-electron chi connectivity index (χ3n) is 6.39. The summed E-state index contributed by atoms with van der Waals surface area (Å²) in [5.74, 6) is -0.319. The summed E-state index contributed by atoms with van der Waals surface area (Å²) in [5.41, 5.74) is -0.579. The fraction of sp³-hybridized carbons (Fsp3) is 0.462. The molecule has 1 N–H and O–H groups in total. The van der Waals surface area contributed by atoms with E-state index in [0.717, 1.165) is 10.4 Å². The molecule has 0 spiro atoms. The molecule has 170 valence electrons. The van der Waals surface area contributed by atoms with Gasteiger partial charge in [0.05, 0.1) is 12.0 Å². The number of hydrogen-bond acceptors (Lipinski definition) is 4. The summed E-state index contributed by atoms with van der Waals surface area (Å²) in [5, 5.41) is 11.3. The highest BCUT2D eigenvalue weighted by atomic mass is 28.4. The van der Waals surface area contributed by atoms with Gasteiger partial charge in [-0.1, -0.05) is 74.5 Å². The van der Waals surface area contributed by atoms with Crippen LogP contribution >= 0.6 is 0 Å². The minimum atomic E-state index is -3.17. The summed E-state index contributed by atoms with van der Waals surface area (Å²) in [6, 6.07) is 22.2. The Hall–Kier alpha value is -2.62. The molecule has 0 aliphatic carbocycles. The van der Waals surface area contributed by atoms with Crippen LogP contribution in [0.3, 0.4) is 0 Å². The van der Waals surface area contributed by atoms with E-state index >= 15 is 0 Å². The van der Waals surface area contributed by atoms with Crippen LogP contribution in [0.25, 0.3) is 0 Å². The number of ether oxygens (including phenoxy) is 1. The molecule has 5 nitrogen and oxygen atoms in total. The summed E-state index contributed by atoms with van der Waals surface area (Å²) < 4.78 is 5.54. The Kier molecular flexibility index (Phi) is 6.82. The van der Waals surface area contributed by atoms with Crippen LogP contribution in [0.1, 0.15) is 41.0 Å². The standard InChI is InChI=1S/C26H34N2O3Si/c1-25(2,3)31-24(29)28-18-20(21(17-27)19-28)16-26(4,5)32(30,22-12-8-6-9-13-22)23-14-10-7-11-15-23/h6-15,20-21,30H,16,18-19H2,1-5H3. The number of nitriles is 1. The van der Waals surface area contributed by atoms with Crippen LogP contribution in [-0.4, -0.2) is 42.8 Å². The molecule has 1 aliphatic heterocycles. The minimum absolute atomic E-state index is 0.0334. The third-order valence-corrected chi connectivity index (χ3v) is 10.9. The SMILES string of the molecule is CC(C)(C)OC(=O)N1CC(C#N)C(CC(C)(C)[Si](O)(c2ccccc2)c2ccccc2)C1. The second kappa shape index (κ2) is 9.09. The zero-order valence-corrected chi connectivity index (χ0v) is 20.7. The molecule has 0 saturated carbocycles. The van der Waals surface area contributed by atoms with Gasteiger partial charge in [-0.05, 0) is 48.5 Å². The maximum Gasteiger partial charge on any atom is 0.410 e. The average molecular weight is 451 g/mol. The van der Waals surface area contributed by atoms with E-state index in [4.69, 9.17) is 4.74 Å². The first kappa shape index (κ1) is 24.0. The molecule has 1 fully saturated rings. The van der Waals surface area contributed by atoms with Crippen molar-refractivity contribution in [1.82, 2.24) is 4.90 Å². The average Bonchev–Trinajstić information content (AvgIpc) is 3.15. The normalized spacial score (nSPS) is 19.5. The summed E-state index contributed by atoms with van der Waals surface area (Å²) in [6.45, 7) is 10.6. The maximum atomic E-state index is 12.6. The fourth-order valence-electron chi connectivity index (χ4n) is 4.81. The minimum Gasteiger partial charge on any atom is -0.444 e. The number of carbonyl (C=O) groups is 1. The molecule has 32 heavy (non-hydrogen) atoms. The van der Waals surface area contributed by atoms with Crippen molar-refractivity contribution in [1.29, 1.82) is 5.26 Å². The predicted molar refractivity (Wildman–Crippen MR) is 129 cm³/mol. The van der Waals surface area contributed by atoms with E-state index < -0.39 is 19.0 Å². The van der Waals surface area contributed by atoms with Crippen LogP contribution in [0.5, 0.6) is 0 Å². The molecule has 3 rings (SSSR count). The van der Waals surface area contributed by atoms with Gasteiger partial charge in [-0.15, -0.1) is 0 Å². The van der Waals surface area contributed by atoms with Gasteiger partial charge in [0.1, 0.15) is 5.60 Å². The molecule has 1 saturated heterocycles. The van der Waals surface area contributed by atoms with Gasteiger partial charge in [0.2, 0.25) is 0 Å². The Balaban J connectivity index is 1.91. The summed E-state index contributed by atoms with van der Waals surface area (Å²) in [7, 11) is -3.17. The molecule has 2 aromatic carbocycles. The van der Waals surface area contributed by atoms with Crippen LogP contribution in [0, 0.1) is 23.2 Å². The molecule has 6 heteroatoms. The summed E-state index contributed by atoms with van der Waals surface area (Å²) in [6.07, 6.45) is 0.258. The number of rotatable bonds is 5. The second-order valence-electron chi connectivity index (χ2n) is 10.4. The van der Waals surface area contributed by atoms with Gasteiger partial charge in [-0.2, -0.15) is 5.26 Å². The van der Waals surface area contributed by atoms with Gasteiger partial charge in [0.25, 0.3) is 8.32 Å². The molecular formula is C26H34N2O3Si. The molecule has 2 unspecified atom stereocenters. The number of nitrogens with zero attached hydrogens (tertiary/aromatic N) is 2. The Bertz CT molecular complexity index is 925. The summed E-state index contributed by atoms with van der Waals surface area (Å²) >= 11 is 0. The van der Waals surface area contributed by atoms with E-state index in [-0.39, 0.29) is 17.9 Å². The monoisotopic (exact) mass is 450 g/mol. The summed E-state index contributed by atoms with van der Waals surface area (Å²) in [4.78, 5) is 26.7. The molecule has 0 aromatic heterocycles. The highest BCUT2D eigenvalue weighted by Crippen LogP contribution is 2.44. The topological polar surface area (TPSA) is 73.6 Å². The lowest BCUT2D eigenvalue weighted by Crippen LogP contribution is -2.65. The second-order valence-corrected chi connectivity index (χ2v) is 14.3. The largest absolute Gasteiger partial charge is 0.444 e. The van der Waals surface area contributed by atoms with Crippen molar-refractivity contribution < 1.29 is 14.3 Å². The van der Waals surface area contributed by atoms with E-state index in [9.17, 15) is 14.9 Å². The van der Waals surface area contributed by atoms with Gasteiger partial charge >= 0.3 is 6.09 Å². The van der Waals surface area contributed by atoms with E-state index in [2.05, 4.69) is 19.9 Å². The number of hydrogen-bond donors (Lipinski definition) is 1. The number of carbonyl (C=O) groups excluding carboxylic acids is 1. The van der Waals surface area contributed by atoms with E-state index in [0.29, 0.717) is 19.5 Å². The first-order chi connectivity index (χ1) is 15.0. The van der Waals surface area contributed by atoms with Gasteiger partial charge in [0, 0.05) is 13.1 Å².